The Morgan fingerprint density at radius 3 is 2.76 bits per heavy atom. The van der Waals surface area contributed by atoms with Gasteiger partial charge in [-0.05, 0) is 37.1 Å². The van der Waals surface area contributed by atoms with E-state index < -0.39 is 0 Å². The Morgan fingerprint density at radius 2 is 2.12 bits per heavy atom. The van der Waals surface area contributed by atoms with Gasteiger partial charge in [0.1, 0.15) is 5.75 Å². The highest BCUT2D eigenvalue weighted by Gasteiger charge is 2.14. The molecule has 1 heterocycles. The molecule has 0 bridgehead atoms. The highest BCUT2D eigenvalue weighted by molar-refractivity contribution is 5.38. The first-order valence-electron chi connectivity index (χ1n) is 6.25. The molecule has 17 heavy (non-hydrogen) atoms. The van der Waals surface area contributed by atoms with E-state index in [4.69, 9.17) is 9.47 Å². The Labute approximate surface area is 103 Å². The van der Waals surface area contributed by atoms with E-state index in [2.05, 4.69) is 11.8 Å². The fourth-order valence-corrected chi connectivity index (χ4v) is 1.76. The number of hydrogen-bond acceptors (Lipinski definition) is 2. The molecule has 1 saturated heterocycles. The zero-order valence-corrected chi connectivity index (χ0v) is 10.2. The standard InChI is InChI=1S/C15H18O2/c1-2-3-6-13-8-10-14(11-9-13)17-15-7-4-5-12-16-15/h8-11,15H,2,4-5,7,12H2,1H3. The van der Waals surface area contributed by atoms with Crippen molar-refractivity contribution in [2.45, 2.75) is 38.9 Å². The van der Waals surface area contributed by atoms with Crippen LogP contribution in [0.15, 0.2) is 24.3 Å². The smallest absolute Gasteiger partial charge is 0.199 e. The summed E-state index contributed by atoms with van der Waals surface area (Å²) < 4.78 is 11.3. The van der Waals surface area contributed by atoms with Crippen LogP contribution in [0.3, 0.4) is 0 Å². The van der Waals surface area contributed by atoms with Crippen molar-refractivity contribution in [1.82, 2.24) is 0 Å². The van der Waals surface area contributed by atoms with Gasteiger partial charge in [0.2, 0.25) is 0 Å². The molecule has 1 aromatic rings. The molecule has 0 saturated carbocycles. The summed E-state index contributed by atoms with van der Waals surface area (Å²) in [6, 6.07) is 7.89. The molecule has 1 unspecified atom stereocenters. The molecule has 1 atom stereocenters. The quantitative estimate of drug-likeness (QED) is 0.725. The maximum atomic E-state index is 5.74. The van der Waals surface area contributed by atoms with E-state index in [1.165, 1.54) is 6.42 Å². The third-order valence-corrected chi connectivity index (χ3v) is 2.67. The normalized spacial score (nSPS) is 19.2. The lowest BCUT2D eigenvalue weighted by molar-refractivity contribution is -0.105. The molecule has 0 spiro atoms. The Morgan fingerprint density at radius 1 is 1.29 bits per heavy atom. The molecule has 1 aliphatic heterocycles. The van der Waals surface area contributed by atoms with Gasteiger partial charge in [0.05, 0.1) is 6.61 Å². The van der Waals surface area contributed by atoms with Gasteiger partial charge in [0, 0.05) is 18.4 Å². The van der Waals surface area contributed by atoms with Gasteiger partial charge in [-0.25, -0.2) is 0 Å². The summed E-state index contributed by atoms with van der Waals surface area (Å²) >= 11 is 0. The van der Waals surface area contributed by atoms with Gasteiger partial charge < -0.3 is 9.47 Å². The molecule has 2 nitrogen and oxygen atoms in total. The molecular formula is C15H18O2. The molecular weight excluding hydrogens is 212 g/mol. The lowest BCUT2D eigenvalue weighted by atomic mass is 10.2. The average molecular weight is 230 g/mol. The maximum Gasteiger partial charge on any atom is 0.199 e. The molecule has 0 aliphatic carbocycles. The molecule has 1 fully saturated rings. The van der Waals surface area contributed by atoms with Gasteiger partial charge in [0.25, 0.3) is 0 Å². The van der Waals surface area contributed by atoms with Crippen LogP contribution in [0, 0.1) is 11.8 Å². The zero-order valence-electron chi connectivity index (χ0n) is 10.2. The summed E-state index contributed by atoms with van der Waals surface area (Å²) in [5.41, 5.74) is 1.03. The topological polar surface area (TPSA) is 18.5 Å². The molecule has 0 radical (unpaired) electrons. The largest absolute Gasteiger partial charge is 0.465 e. The van der Waals surface area contributed by atoms with Crippen LogP contribution in [0.2, 0.25) is 0 Å². The van der Waals surface area contributed by atoms with Crippen LogP contribution >= 0.6 is 0 Å². The fraction of sp³-hybridized carbons (Fsp3) is 0.467. The van der Waals surface area contributed by atoms with Crippen molar-refractivity contribution < 1.29 is 9.47 Å². The fourth-order valence-electron chi connectivity index (χ4n) is 1.76. The molecule has 0 aromatic heterocycles. The minimum absolute atomic E-state index is 0.0728. The summed E-state index contributed by atoms with van der Waals surface area (Å²) in [5.74, 6) is 7.00. The van der Waals surface area contributed by atoms with Crippen molar-refractivity contribution >= 4 is 0 Å². The van der Waals surface area contributed by atoms with Gasteiger partial charge in [-0.3, -0.25) is 0 Å². The summed E-state index contributed by atoms with van der Waals surface area (Å²) in [6.07, 6.45) is 4.12. The SMILES string of the molecule is CCC#Cc1ccc(OC2CCCCO2)cc1. The van der Waals surface area contributed by atoms with E-state index in [1.54, 1.807) is 0 Å². The number of hydrogen-bond donors (Lipinski definition) is 0. The first-order chi connectivity index (χ1) is 8.38. The van der Waals surface area contributed by atoms with Gasteiger partial charge >= 0.3 is 0 Å². The van der Waals surface area contributed by atoms with Crippen molar-refractivity contribution in [3.63, 3.8) is 0 Å². The summed E-state index contributed by atoms with van der Waals surface area (Å²) in [6.45, 7) is 2.86. The van der Waals surface area contributed by atoms with E-state index in [9.17, 15) is 0 Å². The average Bonchev–Trinajstić information content (AvgIpc) is 2.39. The highest BCUT2D eigenvalue weighted by Crippen LogP contribution is 2.19. The van der Waals surface area contributed by atoms with Crippen LogP contribution in [0.1, 0.15) is 38.2 Å². The van der Waals surface area contributed by atoms with Crippen molar-refractivity contribution in [3.8, 4) is 17.6 Å². The van der Waals surface area contributed by atoms with Crippen LogP contribution in [-0.2, 0) is 4.74 Å². The second kappa shape index (κ2) is 6.32. The van der Waals surface area contributed by atoms with E-state index in [-0.39, 0.29) is 6.29 Å². The van der Waals surface area contributed by atoms with E-state index in [0.717, 1.165) is 37.2 Å². The monoisotopic (exact) mass is 230 g/mol. The van der Waals surface area contributed by atoms with Crippen molar-refractivity contribution in [2.75, 3.05) is 6.61 Å². The Hall–Kier alpha value is -1.46. The lowest BCUT2D eigenvalue weighted by Crippen LogP contribution is -2.24. The van der Waals surface area contributed by atoms with Gasteiger partial charge in [-0.15, -0.1) is 0 Å². The van der Waals surface area contributed by atoms with Crippen molar-refractivity contribution in [1.29, 1.82) is 0 Å². The molecule has 90 valence electrons. The Kier molecular flexibility index (Phi) is 4.46. The van der Waals surface area contributed by atoms with Gasteiger partial charge in [0.15, 0.2) is 6.29 Å². The molecule has 2 heteroatoms. The van der Waals surface area contributed by atoms with Crippen LogP contribution < -0.4 is 4.74 Å². The first-order valence-corrected chi connectivity index (χ1v) is 6.25. The third kappa shape index (κ3) is 3.80. The second-order valence-corrected chi connectivity index (χ2v) is 4.09. The number of rotatable bonds is 2. The minimum atomic E-state index is -0.0728. The van der Waals surface area contributed by atoms with Gasteiger partial charge in [-0.1, -0.05) is 18.8 Å². The van der Waals surface area contributed by atoms with Crippen molar-refractivity contribution in [3.05, 3.63) is 29.8 Å². The minimum Gasteiger partial charge on any atom is -0.465 e. The number of benzene rings is 1. The zero-order chi connectivity index (χ0) is 11.9. The second-order valence-electron chi connectivity index (χ2n) is 4.09. The summed E-state index contributed by atoms with van der Waals surface area (Å²) in [5, 5.41) is 0. The molecule has 0 N–H and O–H groups in total. The molecule has 2 rings (SSSR count). The predicted octanol–water partition coefficient (Wildman–Crippen LogP) is 3.35. The van der Waals surface area contributed by atoms with E-state index in [1.807, 2.05) is 31.2 Å². The maximum absolute atomic E-state index is 5.74. The predicted molar refractivity (Wildman–Crippen MR) is 67.8 cm³/mol. The highest BCUT2D eigenvalue weighted by atomic mass is 16.7. The Bertz CT molecular complexity index is 391. The van der Waals surface area contributed by atoms with Crippen LogP contribution in [0.5, 0.6) is 5.75 Å². The Balaban J connectivity index is 1.93. The van der Waals surface area contributed by atoms with E-state index in [0.29, 0.717) is 0 Å². The molecule has 1 aliphatic rings. The molecule has 1 aromatic carbocycles. The van der Waals surface area contributed by atoms with Gasteiger partial charge in [-0.2, -0.15) is 0 Å². The third-order valence-electron chi connectivity index (χ3n) is 2.67. The van der Waals surface area contributed by atoms with Crippen LogP contribution in [0.25, 0.3) is 0 Å². The summed E-state index contributed by atoms with van der Waals surface area (Å²) in [4.78, 5) is 0. The summed E-state index contributed by atoms with van der Waals surface area (Å²) in [7, 11) is 0. The van der Waals surface area contributed by atoms with Crippen LogP contribution in [-0.4, -0.2) is 12.9 Å². The van der Waals surface area contributed by atoms with E-state index >= 15 is 0 Å². The molecule has 0 amide bonds. The van der Waals surface area contributed by atoms with Crippen LogP contribution in [0.4, 0.5) is 0 Å². The lowest BCUT2D eigenvalue weighted by Gasteiger charge is -2.23. The first kappa shape index (κ1) is 12.0. The number of ether oxygens (including phenoxy) is 2. The van der Waals surface area contributed by atoms with Crippen molar-refractivity contribution in [2.24, 2.45) is 0 Å².